The molecule has 126 valence electrons. The van der Waals surface area contributed by atoms with Gasteiger partial charge in [-0.15, -0.1) is 0 Å². The number of rotatable bonds is 1. The lowest BCUT2D eigenvalue weighted by Crippen LogP contribution is -2.40. The third kappa shape index (κ3) is 2.40. The van der Waals surface area contributed by atoms with Crippen molar-refractivity contribution >= 4 is 17.7 Å². The quantitative estimate of drug-likeness (QED) is 0.729. The number of allylic oxidation sites excluding steroid dienone is 1. The summed E-state index contributed by atoms with van der Waals surface area (Å²) in [6.07, 6.45) is -0.832. The van der Waals surface area contributed by atoms with Gasteiger partial charge < -0.3 is 14.6 Å². The van der Waals surface area contributed by atoms with Crippen LogP contribution in [0.4, 0.5) is 0 Å². The fourth-order valence-corrected chi connectivity index (χ4v) is 4.37. The Kier molecular flexibility index (Phi) is 3.63. The van der Waals surface area contributed by atoms with Crippen molar-refractivity contribution in [3.63, 3.8) is 0 Å². The predicted molar refractivity (Wildman–Crippen MR) is 79.1 cm³/mol. The van der Waals surface area contributed by atoms with E-state index in [-0.39, 0.29) is 30.5 Å². The van der Waals surface area contributed by atoms with Crippen molar-refractivity contribution in [1.29, 1.82) is 0 Å². The van der Waals surface area contributed by atoms with Crippen molar-refractivity contribution in [2.24, 2.45) is 17.8 Å². The molecular weight excluding hydrogens is 300 g/mol. The van der Waals surface area contributed by atoms with Gasteiger partial charge in [-0.3, -0.25) is 14.4 Å². The number of fused-ring (bicyclic) bond motifs is 3. The summed E-state index contributed by atoms with van der Waals surface area (Å²) in [5, 5.41) is 10.9. The number of ketones is 1. The molecule has 1 aliphatic heterocycles. The summed E-state index contributed by atoms with van der Waals surface area (Å²) in [7, 11) is 0. The standard InChI is InChI=1S/C17H22O6/c1-7-11(19)5-10-13(7)15-14(8(2)16(20)23-15)12(22-9(3)18)6-17(10,4)21/h8,10,12,14-15,21H,5-6H2,1-4H3/t8-,10+,12-,14+,15+,17+/m0/s1. The molecule has 1 N–H and O–H groups in total. The van der Waals surface area contributed by atoms with Gasteiger partial charge in [-0.25, -0.2) is 0 Å². The molecule has 1 saturated heterocycles. The number of carbonyl (C=O) groups is 3. The maximum Gasteiger partial charge on any atom is 0.309 e. The van der Waals surface area contributed by atoms with Crippen LogP contribution in [0, 0.1) is 17.8 Å². The molecule has 2 fully saturated rings. The van der Waals surface area contributed by atoms with E-state index < -0.39 is 35.6 Å². The molecule has 0 bridgehead atoms. The average Bonchev–Trinajstić information content (AvgIpc) is 2.84. The highest BCUT2D eigenvalue weighted by Crippen LogP contribution is 2.51. The van der Waals surface area contributed by atoms with Crippen LogP contribution >= 0.6 is 0 Å². The number of hydrogen-bond acceptors (Lipinski definition) is 6. The summed E-state index contributed by atoms with van der Waals surface area (Å²) in [6.45, 7) is 6.43. The fraction of sp³-hybridized carbons (Fsp3) is 0.706. The Hall–Kier alpha value is -1.69. The topological polar surface area (TPSA) is 89.9 Å². The number of esters is 2. The van der Waals surface area contributed by atoms with Gasteiger partial charge in [-0.05, 0) is 25.0 Å². The third-order valence-electron chi connectivity index (χ3n) is 5.58. The van der Waals surface area contributed by atoms with Crippen LogP contribution in [0.1, 0.15) is 40.5 Å². The van der Waals surface area contributed by atoms with Crippen LogP contribution in [0.2, 0.25) is 0 Å². The first-order valence-electron chi connectivity index (χ1n) is 7.97. The molecule has 6 heteroatoms. The molecule has 6 atom stereocenters. The van der Waals surface area contributed by atoms with E-state index in [4.69, 9.17) is 9.47 Å². The number of Topliss-reactive ketones (excluding diaryl/α,β-unsaturated/α-hetero) is 1. The maximum absolute atomic E-state index is 12.2. The number of aliphatic hydroxyl groups is 1. The summed E-state index contributed by atoms with van der Waals surface area (Å²) in [5.41, 5.74) is 0.0762. The molecule has 2 aliphatic carbocycles. The van der Waals surface area contributed by atoms with E-state index in [0.717, 1.165) is 0 Å². The van der Waals surface area contributed by atoms with Gasteiger partial charge in [-0.1, -0.05) is 6.92 Å². The summed E-state index contributed by atoms with van der Waals surface area (Å²) >= 11 is 0. The minimum Gasteiger partial charge on any atom is -0.462 e. The average molecular weight is 322 g/mol. The number of ether oxygens (including phenoxy) is 2. The van der Waals surface area contributed by atoms with Crippen LogP contribution in [0.15, 0.2) is 11.1 Å². The molecule has 0 spiro atoms. The Labute approximate surface area is 134 Å². The zero-order chi connectivity index (χ0) is 17.1. The lowest BCUT2D eigenvalue weighted by Gasteiger charge is -2.32. The Bertz CT molecular complexity index is 617. The highest BCUT2D eigenvalue weighted by molar-refractivity contribution is 5.99. The molecule has 3 aliphatic rings. The Balaban J connectivity index is 2.12. The van der Waals surface area contributed by atoms with Gasteiger partial charge in [-0.2, -0.15) is 0 Å². The zero-order valence-corrected chi connectivity index (χ0v) is 13.8. The molecule has 1 saturated carbocycles. The molecule has 1 heterocycles. The first kappa shape index (κ1) is 16.2. The normalized spacial score (nSPS) is 42.9. The van der Waals surface area contributed by atoms with Gasteiger partial charge in [0.15, 0.2) is 5.78 Å². The van der Waals surface area contributed by atoms with E-state index in [1.54, 1.807) is 20.8 Å². The van der Waals surface area contributed by atoms with Gasteiger partial charge in [0.2, 0.25) is 0 Å². The lowest BCUT2D eigenvalue weighted by atomic mass is 9.81. The molecule has 0 radical (unpaired) electrons. The van der Waals surface area contributed by atoms with Gasteiger partial charge in [0.05, 0.1) is 17.4 Å². The molecule has 0 aromatic carbocycles. The van der Waals surface area contributed by atoms with Crippen LogP contribution in [0.25, 0.3) is 0 Å². The molecule has 0 amide bonds. The second-order valence-corrected chi connectivity index (χ2v) is 7.19. The largest absolute Gasteiger partial charge is 0.462 e. The van der Waals surface area contributed by atoms with Crippen LogP contribution in [0.5, 0.6) is 0 Å². The minimum absolute atomic E-state index is 0.0226. The monoisotopic (exact) mass is 322 g/mol. The number of hydrogen-bond donors (Lipinski definition) is 1. The van der Waals surface area contributed by atoms with Gasteiger partial charge in [0.25, 0.3) is 0 Å². The van der Waals surface area contributed by atoms with E-state index in [1.165, 1.54) is 6.92 Å². The molecule has 0 aromatic rings. The second kappa shape index (κ2) is 5.16. The molecule has 3 rings (SSSR count). The van der Waals surface area contributed by atoms with Gasteiger partial charge in [0.1, 0.15) is 12.2 Å². The van der Waals surface area contributed by atoms with Gasteiger partial charge >= 0.3 is 11.9 Å². The predicted octanol–water partition coefficient (Wildman–Crippen LogP) is 1.16. The first-order valence-corrected chi connectivity index (χ1v) is 7.97. The van der Waals surface area contributed by atoms with Crippen molar-refractivity contribution in [3.8, 4) is 0 Å². The Morgan fingerprint density at radius 2 is 2.04 bits per heavy atom. The molecule has 0 unspecified atom stereocenters. The van der Waals surface area contributed by atoms with Crippen molar-refractivity contribution in [3.05, 3.63) is 11.1 Å². The lowest BCUT2D eigenvalue weighted by molar-refractivity contribution is -0.154. The molecule has 6 nitrogen and oxygen atoms in total. The van der Waals surface area contributed by atoms with Crippen LogP contribution < -0.4 is 0 Å². The molecule has 23 heavy (non-hydrogen) atoms. The van der Waals surface area contributed by atoms with E-state index in [0.29, 0.717) is 11.1 Å². The summed E-state index contributed by atoms with van der Waals surface area (Å²) in [5.74, 6) is -2.05. The van der Waals surface area contributed by atoms with Crippen molar-refractivity contribution in [2.75, 3.05) is 0 Å². The molecular formula is C17H22O6. The zero-order valence-electron chi connectivity index (χ0n) is 13.8. The third-order valence-corrected chi connectivity index (χ3v) is 5.58. The summed E-state index contributed by atoms with van der Waals surface area (Å²) in [6, 6.07) is 0. The highest BCUT2D eigenvalue weighted by Gasteiger charge is 2.58. The van der Waals surface area contributed by atoms with E-state index in [2.05, 4.69) is 0 Å². The van der Waals surface area contributed by atoms with Crippen molar-refractivity contribution < 1.29 is 29.0 Å². The summed E-state index contributed by atoms with van der Waals surface area (Å²) in [4.78, 5) is 35.7. The SMILES string of the molecule is CC(=O)O[C@H]1C[C@@](C)(O)[C@@H]2CC(=O)C(C)=C2[C@H]2OC(=O)[C@@H](C)[C@H]12. The fourth-order valence-electron chi connectivity index (χ4n) is 4.37. The van der Waals surface area contributed by atoms with E-state index >= 15 is 0 Å². The van der Waals surface area contributed by atoms with Crippen molar-refractivity contribution in [2.45, 2.75) is 58.3 Å². The first-order chi connectivity index (χ1) is 10.6. The number of carbonyl (C=O) groups excluding carboxylic acids is 3. The summed E-state index contributed by atoms with van der Waals surface area (Å²) < 4.78 is 11.0. The molecule has 0 aromatic heterocycles. The van der Waals surface area contributed by atoms with E-state index in [1.807, 2.05) is 0 Å². The highest BCUT2D eigenvalue weighted by atomic mass is 16.6. The van der Waals surface area contributed by atoms with E-state index in [9.17, 15) is 19.5 Å². The maximum atomic E-state index is 12.2. The van der Waals surface area contributed by atoms with Crippen LogP contribution in [0.3, 0.4) is 0 Å². The van der Waals surface area contributed by atoms with Crippen molar-refractivity contribution in [1.82, 2.24) is 0 Å². The van der Waals surface area contributed by atoms with Gasteiger partial charge in [0, 0.05) is 25.7 Å². The van der Waals surface area contributed by atoms with Crippen LogP contribution in [-0.4, -0.2) is 40.6 Å². The minimum atomic E-state index is -1.20. The second-order valence-electron chi connectivity index (χ2n) is 7.19. The smallest absolute Gasteiger partial charge is 0.309 e. The Morgan fingerprint density at radius 3 is 2.65 bits per heavy atom. The van der Waals surface area contributed by atoms with Crippen LogP contribution in [-0.2, 0) is 23.9 Å². The Morgan fingerprint density at radius 1 is 1.39 bits per heavy atom.